The number of hydrogen-bond donors (Lipinski definition) is 3. The third-order valence-corrected chi connectivity index (χ3v) is 7.95. The van der Waals surface area contributed by atoms with E-state index >= 15 is 0 Å². The highest BCUT2D eigenvalue weighted by atomic mass is 35.5. The highest BCUT2D eigenvalue weighted by Gasteiger charge is 2.45. The molecule has 3 aromatic rings. The minimum atomic E-state index is -0.895. The van der Waals surface area contributed by atoms with Crippen molar-refractivity contribution in [3.8, 4) is 0 Å². The van der Waals surface area contributed by atoms with Crippen LogP contribution in [0, 0.1) is 0 Å². The van der Waals surface area contributed by atoms with Gasteiger partial charge in [-0.25, -0.2) is 0 Å². The highest BCUT2D eigenvalue weighted by molar-refractivity contribution is 6.31. The maximum Gasteiger partial charge on any atom is 0.253 e. The van der Waals surface area contributed by atoms with E-state index in [9.17, 15) is 14.7 Å². The number of halogens is 1. The van der Waals surface area contributed by atoms with E-state index in [1.807, 2.05) is 60.7 Å². The molecule has 40 heavy (non-hydrogen) atoms. The van der Waals surface area contributed by atoms with Crippen LogP contribution in [0.4, 0.5) is 5.69 Å². The van der Waals surface area contributed by atoms with E-state index in [-0.39, 0.29) is 23.3 Å². The molecule has 3 aromatic carbocycles. The van der Waals surface area contributed by atoms with Crippen molar-refractivity contribution < 1.29 is 20.2 Å². The molecule has 9 heteroatoms. The number of carbonyl (C=O) groups is 2. The molecular formula is C31H39ClN4O4. The van der Waals surface area contributed by atoms with Crippen LogP contribution < -0.4 is 11.1 Å². The number of rotatable bonds is 8. The fourth-order valence-electron chi connectivity index (χ4n) is 5.65. The molecule has 1 aliphatic heterocycles. The predicted molar refractivity (Wildman–Crippen MR) is 159 cm³/mol. The van der Waals surface area contributed by atoms with Gasteiger partial charge in [-0.3, -0.25) is 14.5 Å². The number of nitrogen functional groups attached to an aromatic ring is 1. The van der Waals surface area contributed by atoms with Crippen molar-refractivity contribution in [1.29, 1.82) is 0 Å². The number of benzene rings is 3. The van der Waals surface area contributed by atoms with Crippen molar-refractivity contribution in [3.63, 3.8) is 0 Å². The Bertz CT molecular complexity index is 1250. The van der Waals surface area contributed by atoms with Gasteiger partial charge in [0.1, 0.15) is 5.41 Å². The maximum atomic E-state index is 14.0. The molecule has 0 radical (unpaired) electrons. The van der Waals surface area contributed by atoms with Gasteiger partial charge >= 0.3 is 0 Å². The lowest BCUT2D eigenvalue weighted by Crippen LogP contribution is -2.57. The molecule has 1 fully saturated rings. The third kappa shape index (κ3) is 6.47. The van der Waals surface area contributed by atoms with Crippen LogP contribution in [0.1, 0.15) is 41.3 Å². The molecule has 1 aliphatic rings. The summed E-state index contributed by atoms with van der Waals surface area (Å²) in [5.41, 5.74) is 7.58. The Morgan fingerprint density at radius 3 is 2.15 bits per heavy atom. The lowest BCUT2D eigenvalue weighted by molar-refractivity contribution is -0.134. The van der Waals surface area contributed by atoms with Gasteiger partial charge in [0, 0.05) is 43.9 Å². The second kappa shape index (κ2) is 13.3. The summed E-state index contributed by atoms with van der Waals surface area (Å²) < 4.78 is 0. The number of carbonyl (C=O) groups excluding carboxylic acids is 2. The minimum absolute atomic E-state index is 0. The molecule has 0 aliphatic carbocycles. The number of aliphatic hydroxyl groups is 1. The van der Waals surface area contributed by atoms with Crippen LogP contribution in [-0.2, 0) is 10.2 Å². The van der Waals surface area contributed by atoms with Gasteiger partial charge in [-0.2, -0.15) is 0 Å². The normalized spacial score (nSPS) is 18.3. The topological polar surface area (TPSA) is 130 Å². The smallest absolute Gasteiger partial charge is 0.253 e. The average Bonchev–Trinajstić information content (AvgIpc) is 2.93. The number of nitrogens with two attached hydrogens (primary N) is 1. The van der Waals surface area contributed by atoms with Crippen LogP contribution in [0.25, 0.3) is 0 Å². The number of nitrogens with one attached hydrogen (secondary N) is 1. The minimum Gasteiger partial charge on any atom is -0.412 e. The number of anilines is 1. The summed E-state index contributed by atoms with van der Waals surface area (Å²) in [5.74, 6) is -0.325. The van der Waals surface area contributed by atoms with Crippen LogP contribution in [0.5, 0.6) is 0 Å². The fourth-order valence-corrected chi connectivity index (χ4v) is 5.83. The number of amides is 2. The number of likely N-dealkylation sites (N-methyl/N-ethyl adjacent to an activating group) is 1. The average molecular weight is 567 g/mol. The highest BCUT2D eigenvalue weighted by Crippen LogP contribution is 2.39. The van der Waals surface area contributed by atoms with Gasteiger partial charge in [0.15, 0.2) is 0 Å². The molecule has 4 rings (SSSR count). The molecule has 3 atom stereocenters. The van der Waals surface area contributed by atoms with Gasteiger partial charge in [0.2, 0.25) is 5.91 Å². The number of aliphatic hydroxyl groups excluding tert-OH is 1. The van der Waals surface area contributed by atoms with E-state index in [0.717, 1.165) is 11.1 Å². The van der Waals surface area contributed by atoms with Gasteiger partial charge < -0.3 is 26.5 Å². The Hall–Kier alpha value is -3.43. The van der Waals surface area contributed by atoms with Gasteiger partial charge in [-0.15, -0.1) is 0 Å². The number of hydrogen-bond acceptors (Lipinski definition) is 5. The Kier molecular flexibility index (Phi) is 10.3. The maximum absolute atomic E-state index is 14.0. The zero-order valence-electron chi connectivity index (χ0n) is 23.2. The number of likely N-dealkylation sites (tertiary alicyclic amines) is 1. The molecule has 8 nitrogen and oxygen atoms in total. The third-order valence-electron chi connectivity index (χ3n) is 7.72. The van der Waals surface area contributed by atoms with E-state index in [2.05, 4.69) is 17.1 Å². The largest absolute Gasteiger partial charge is 0.412 e. The van der Waals surface area contributed by atoms with Crippen LogP contribution in [0.2, 0.25) is 5.02 Å². The van der Waals surface area contributed by atoms with E-state index in [0.29, 0.717) is 42.2 Å². The van der Waals surface area contributed by atoms with Crippen LogP contribution >= 0.6 is 11.6 Å². The molecule has 1 unspecified atom stereocenters. The molecule has 0 saturated carbocycles. The van der Waals surface area contributed by atoms with E-state index in [4.69, 9.17) is 17.3 Å². The fraction of sp³-hybridized carbons (Fsp3) is 0.355. The standard InChI is InChI=1S/C31H37ClN4O3.H2O/c1-21(36-17-16-27(28(37)20-36)34-29(38)25-15-14-24(32)18-26(25)33)19-31(30(39)35(2)3,22-10-6-4-7-11-22)23-12-8-5-9-13-23;/h4-15,18,21,27-28,37H,16-17,19-20,33H2,1-3H3,(H,34,38);1H2/t21?,27-,28-;/m0./s1. The Morgan fingerprint density at radius 2 is 1.65 bits per heavy atom. The monoisotopic (exact) mass is 566 g/mol. The summed E-state index contributed by atoms with van der Waals surface area (Å²) in [7, 11) is 3.58. The van der Waals surface area contributed by atoms with Gasteiger partial charge in [-0.05, 0) is 49.1 Å². The molecule has 0 aromatic heterocycles. The van der Waals surface area contributed by atoms with E-state index in [1.54, 1.807) is 31.1 Å². The Balaban J connectivity index is 0.00000441. The predicted octanol–water partition coefficient (Wildman–Crippen LogP) is 3.12. The molecule has 6 N–H and O–H groups in total. The van der Waals surface area contributed by atoms with Gasteiger partial charge in [0.25, 0.3) is 5.91 Å². The summed E-state index contributed by atoms with van der Waals surface area (Å²) >= 11 is 5.96. The second-order valence-electron chi connectivity index (χ2n) is 10.6. The van der Waals surface area contributed by atoms with Crippen molar-refractivity contribution in [2.75, 3.05) is 32.9 Å². The second-order valence-corrected chi connectivity index (χ2v) is 11.0. The van der Waals surface area contributed by atoms with E-state index < -0.39 is 17.6 Å². The Labute approximate surface area is 241 Å². The van der Waals surface area contributed by atoms with Crippen LogP contribution in [0.3, 0.4) is 0 Å². The molecule has 1 saturated heterocycles. The summed E-state index contributed by atoms with van der Waals surface area (Å²) in [6, 6.07) is 24.1. The van der Waals surface area contributed by atoms with Crippen molar-refractivity contribution in [1.82, 2.24) is 15.1 Å². The summed E-state index contributed by atoms with van der Waals surface area (Å²) in [6.45, 7) is 3.14. The molecular weight excluding hydrogens is 528 g/mol. The number of piperidine rings is 1. The quantitative estimate of drug-likeness (QED) is 0.361. The summed E-state index contributed by atoms with van der Waals surface area (Å²) in [4.78, 5) is 30.7. The van der Waals surface area contributed by atoms with Gasteiger partial charge in [0.05, 0.1) is 17.7 Å². The van der Waals surface area contributed by atoms with Crippen LogP contribution in [-0.4, -0.2) is 77.6 Å². The van der Waals surface area contributed by atoms with E-state index in [1.165, 1.54) is 6.07 Å². The SMILES string of the molecule is CC(CC(C(=O)N(C)C)(c1ccccc1)c1ccccc1)N1CC[C@H](NC(=O)c2ccc(Cl)cc2N)[C@@H](O)C1.O. The van der Waals surface area contributed by atoms with Crippen LogP contribution in [0.15, 0.2) is 78.9 Å². The molecule has 0 spiro atoms. The van der Waals surface area contributed by atoms with Gasteiger partial charge in [-0.1, -0.05) is 72.3 Å². The number of β-amino-alcohol motifs (C(OH)–C–C–N with tert-alkyl or cyclic N) is 1. The Morgan fingerprint density at radius 1 is 1.07 bits per heavy atom. The molecule has 1 heterocycles. The lowest BCUT2D eigenvalue weighted by atomic mass is 9.69. The lowest BCUT2D eigenvalue weighted by Gasteiger charge is -2.44. The summed E-state index contributed by atoms with van der Waals surface area (Å²) in [6.07, 6.45) is 0.324. The molecule has 214 valence electrons. The first-order chi connectivity index (χ1) is 18.6. The van der Waals surface area contributed by atoms with Crippen molar-refractivity contribution in [2.45, 2.75) is 43.4 Å². The molecule has 2 amide bonds. The first-order valence-corrected chi connectivity index (χ1v) is 13.6. The summed E-state index contributed by atoms with van der Waals surface area (Å²) in [5, 5.41) is 14.4. The molecule has 0 bridgehead atoms. The zero-order chi connectivity index (χ0) is 28.2. The van der Waals surface area contributed by atoms with Crippen molar-refractivity contribution in [2.24, 2.45) is 0 Å². The first-order valence-electron chi connectivity index (χ1n) is 13.2. The number of nitrogens with zero attached hydrogens (tertiary/aromatic N) is 2. The van der Waals surface area contributed by atoms with Crippen molar-refractivity contribution in [3.05, 3.63) is 101 Å². The zero-order valence-corrected chi connectivity index (χ0v) is 23.9. The van der Waals surface area contributed by atoms with Crippen molar-refractivity contribution >= 4 is 29.1 Å². The first kappa shape index (κ1) is 31.1.